The van der Waals surface area contributed by atoms with Crippen LogP contribution in [0, 0.1) is 6.92 Å². The summed E-state index contributed by atoms with van der Waals surface area (Å²) in [5.41, 5.74) is 10.1. The molecule has 0 saturated heterocycles. The average Bonchev–Trinajstić information content (AvgIpc) is 2.63. The second kappa shape index (κ2) is 4.33. The van der Waals surface area contributed by atoms with Gasteiger partial charge in [-0.1, -0.05) is 18.2 Å². The molecule has 1 aliphatic rings. The van der Waals surface area contributed by atoms with Crippen LogP contribution in [0.25, 0.3) is 0 Å². The fraction of sp³-hybridized carbons (Fsp3) is 0.538. The monoisotopic (exact) mass is 204 g/mol. The Balaban J connectivity index is 2.25. The van der Waals surface area contributed by atoms with Crippen molar-refractivity contribution in [3.63, 3.8) is 0 Å². The number of rotatable bonds is 3. The maximum atomic E-state index is 5.61. The molecular weight excluding hydrogens is 184 g/mol. The van der Waals surface area contributed by atoms with E-state index in [2.05, 4.69) is 37.1 Å². The molecule has 0 fully saturated rings. The molecule has 2 rings (SSSR count). The van der Waals surface area contributed by atoms with Gasteiger partial charge in [0.15, 0.2) is 0 Å². The summed E-state index contributed by atoms with van der Waals surface area (Å²) >= 11 is 0. The van der Waals surface area contributed by atoms with Gasteiger partial charge in [0, 0.05) is 19.1 Å². The molecule has 82 valence electrons. The highest BCUT2D eigenvalue weighted by Crippen LogP contribution is 2.36. The lowest BCUT2D eigenvalue weighted by Gasteiger charge is -2.24. The summed E-state index contributed by atoms with van der Waals surface area (Å²) in [6.07, 6.45) is 2.47. The van der Waals surface area contributed by atoms with Crippen LogP contribution in [0.3, 0.4) is 0 Å². The fourth-order valence-electron chi connectivity index (χ4n) is 2.63. The second-order valence-electron chi connectivity index (χ2n) is 4.47. The van der Waals surface area contributed by atoms with Gasteiger partial charge in [0.1, 0.15) is 0 Å². The van der Waals surface area contributed by atoms with Gasteiger partial charge in [0.2, 0.25) is 0 Å². The van der Waals surface area contributed by atoms with Gasteiger partial charge in [-0.3, -0.25) is 4.90 Å². The number of fused-ring (bicyclic) bond motifs is 1. The molecule has 0 bridgehead atoms. The molecule has 2 nitrogen and oxygen atoms in total. The molecule has 1 unspecified atom stereocenters. The van der Waals surface area contributed by atoms with Gasteiger partial charge in [-0.05, 0) is 43.5 Å². The van der Waals surface area contributed by atoms with Gasteiger partial charge in [0.05, 0.1) is 0 Å². The van der Waals surface area contributed by atoms with E-state index in [1.807, 2.05) is 0 Å². The first-order chi connectivity index (χ1) is 7.24. The highest BCUT2D eigenvalue weighted by molar-refractivity contribution is 5.40. The lowest BCUT2D eigenvalue weighted by molar-refractivity contribution is 0.251. The first kappa shape index (κ1) is 10.7. The third kappa shape index (κ3) is 1.92. The minimum Gasteiger partial charge on any atom is -0.329 e. The standard InChI is InChI=1S/C13H20N2/c1-10-4-3-5-12-11(10)6-7-13(12)15(2)9-8-14/h3-5,13H,6-9,14H2,1-2H3. The number of hydrogen-bond donors (Lipinski definition) is 1. The predicted octanol–water partition coefficient (Wildman–Crippen LogP) is 1.87. The number of likely N-dealkylation sites (N-methyl/N-ethyl adjacent to an activating group) is 1. The van der Waals surface area contributed by atoms with Gasteiger partial charge in [-0.25, -0.2) is 0 Å². The topological polar surface area (TPSA) is 29.3 Å². The maximum Gasteiger partial charge on any atom is 0.0351 e. The zero-order valence-electron chi connectivity index (χ0n) is 9.66. The highest BCUT2D eigenvalue weighted by Gasteiger charge is 2.25. The lowest BCUT2D eigenvalue weighted by Crippen LogP contribution is -2.28. The Bertz CT molecular complexity index is 346. The molecule has 0 saturated carbocycles. The molecule has 0 aliphatic heterocycles. The Morgan fingerprint density at radius 2 is 2.27 bits per heavy atom. The van der Waals surface area contributed by atoms with Crippen LogP contribution in [0.1, 0.15) is 29.2 Å². The zero-order chi connectivity index (χ0) is 10.8. The summed E-state index contributed by atoms with van der Waals surface area (Å²) in [4.78, 5) is 2.38. The van der Waals surface area contributed by atoms with Crippen LogP contribution in [0.4, 0.5) is 0 Å². The smallest absolute Gasteiger partial charge is 0.0351 e. The van der Waals surface area contributed by atoms with Crippen molar-refractivity contribution in [2.45, 2.75) is 25.8 Å². The third-order valence-electron chi connectivity index (χ3n) is 3.49. The fourth-order valence-corrected chi connectivity index (χ4v) is 2.63. The van der Waals surface area contributed by atoms with E-state index in [0.717, 1.165) is 13.1 Å². The number of benzene rings is 1. The SMILES string of the molecule is Cc1cccc2c1CCC2N(C)CCN. The first-order valence-electron chi connectivity index (χ1n) is 5.72. The van der Waals surface area contributed by atoms with Crippen molar-refractivity contribution in [3.05, 3.63) is 34.9 Å². The minimum absolute atomic E-state index is 0.587. The molecule has 2 N–H and O–H groups in total. The highest BCUT2D eigenvalue weighted by atomic mass is 15.1. The van der Waals surface area contributed by atoms with Gasteiger partial charge in [-0.2, -0.15) is 0 Å². The Morgan fingerprint density at radius 1 is 1.47 bits per heavy atom. The van der Waals surface area contributed by atoms with E-state index >= 15 is 0 Å². The van der Waals surface area contributed by atoms with Crippen molar-refractivity contribution in [1.29, 1.82) is 0 Å². The van der Waals surface area contributed by atoms with Crippen LogP contribution < -0.4 is 5.73 Å². The summed E-state index contributed by atoms with van der Waals surface area (Å²) < 4.78 is 0. The van der Waals surface area contributed by atoms with Crippen molar-refractivity contribution >= 4 is 0 Å². The van der Waals surface area contributed by atoms with E-state index in [4.69, 9.17) is 5.73 Å². The molecule has 2 heteroatoms. The van der Waals surface area contributed by atoms with Crippen molar-refractivity contribution in [2.24, 2.45) is 5.73 Å². The number of hydrogen-bond acceptors (Lipinski definition) is 2. The second-order valence-corrected chi connectivity index (χ2v) is 4.47. The van der Waals surface area contributed by atoms with Crippen molar-refractivity contribution in [2.75, 3.05) is 20.1 Å². The summed E-state index contributed by atoms with van der Waals surface area (Å²) in [5, 5.41) is 0. The van der Waals surface area contributed by atoms with E-state index in [-0.39, 0.29) is 0 Å². The minimum atomic E-state index is 0.587. The van der Waals surface area contributed by atoms with Gasteiger partial charge in [0.25, 0.3) is 0 Å². The average molecular weight is 204 g/mol. The lowest BCUT2D eigenvalue weighted by atomic mass is 10.0. The predicted molar refractivity (Wildman–Crippen MR) is 63.9 cm³/mol. The zero-order valence-corrected chi connectivity index (χ0v) is 9.66. The number of nitrogens with two attached hydrogens (primary N) is 1. The van der Waals surface area contributed by atoms with E-state index in [0.29, 0.717) is 6.04 Å². The molecule has 1 aromatic rings. The quantitative estimate of drug-likeness (QED) is 0.814. The Hall–Kier alpha value is -0.860. The van der Waals surface area contributed by atoms with Crippen LogP contribution in [0.15, 0.2) is 18.2 Å². The van der Waals surface area contributed by atoms with Crippen molar-refractivity contribution < 1.29 is 0 Å². The first-order valence-corrected chi connectivity index (χ1v) is 5.72. The summed E-state index contributed by atoms with van der Waals surface area (Å²) in [6, 6.07) is 7.24. The molecule has 0 heterocycles. The molecule has 1 atom stereocenters. The molecule has 1 aliphatic carbocycles. The van der Waals surface area contributed by atoms with E-state index in [1.165, 1.54) is 24.0 Å². The Kier molecular flexibility index (Phi) is 3.08. The third-order valence-corrected chi connectivity index (χ3v) is 3.49. The van der Waals surface area contributed by atoms with Crippen LogP contribution >= 0.6 is 0 Å². The number of nitrogens with zero attached hydrogens (tertiary/aromatic N) is 1. The van der Waals surface area contributed by atoms with Crippen molar-refractivity contribution in [3.8, 4) is 0 Å². The van der Waals surface area contributed by atoms with Gasteiger partial charge >= 0.3 is 0 Å². The van der Waals surface area contributed by atoms with Crippen LogP contribution in [-0.2, 0) is 6.42 Å². The summed E-state index contributed by atoms with van der Waals surface area (Å²) in [7, 11) is 2.18. The molecule has 0 aromatic heterocycles. The molecule has 0 amide bonds. The molecule has 15 heavy (non-hydrogen) atoms. The largest absolute Gasteiger partial charge is 0.329 e. The summed E-state index contributed by atoms with van der Waals surface area (Å²) in [5.74, 6) is 0. The maximum absolute atomic E-state index is 5.61. The Morgan fingerprint density at radius 3 is 3.00 bits per heavy atom. The Labute approximate surface area is 92.1 Å². The number of aryl methyl sites for hydroxylation is 1. The molecular formula is C13H20N2. The molecule has 0 radical (unpaired) electrons. The molecule has 0 spiro atoms. The summed E-state index contributed by atoms with van der Waals surface area (Å²) in [6.45, 7) is 3.94. The van der Waals surface area contributed by atoms with E-state index < -0.39 is 0 Å². The van der Waals surface area contributed by atoms with Gasteiger partial charge in [-0.15, -0.1) is 0 Å². The molecule has 1 aromatic carbocycles. The van der Waals surface area contributed by atoms with Crippen LogP contribution in [-0.4, -0.2) is 25.0 Å². The van der Waals surface area contributed by atoms with Crippen LogP contribution in [0.2, 0.25) is 0 Å². The van der Waals surface area contributed by atoms with E-state index in [1.54, 1.807) is 5.56 Å². The van der Waals surface area contributed by atoms with E-state index in [9.17, 15) is 0 Å². The van der Waals surface area contributed by atoms with Crippen LogP contribution in [0.5, 0.6) is 0 Å². The van der Waals surface area contributed by atoms with Gasteiger partial charge < -0.3 is 5.73 Å². The van der Waals surface area contributed by atoms with Crippen molar-refractivity contribution in [1.82, 2.24) is 4.90 Å². The normalized spacial score (nSPS) is 19.6.